The number of thiocarbonyl (C=S) groups is 1. The number of benzene rings is 2. The molecule has 0 heterocycles. The van der Waals surface area contributed by atoms with E-state index in [1.54, 1.807) is 0 Å². The molecule has 124 valence electrons. The molecule has 2 aromatic rings. The first kappa shape index (κ1) is 16.7. The summed E-state index contributed by atoms with van der Waals surface area (Å²) in [6.45, 7) is 4.19. The summed E-state index contributed by atoms with van der Waals surface area (Å²) in [7, 11) is 0. The summed E-state index contributed by atoms with van der Waals surface area (Å²) in [5.74, 6) is 0. The van der Waals surface area contributed by atoms with Gasteiger partial charge >= 0.3 is 0 Å². The first-order valence-electron chi connectivity index (χ1n) is 8.43. The van der Waals surface area contributed by atoms with Crippen LogP contribution in [0.1, 0.15) is 41.5 Å². The Balaban J connectivity index is 1.73. The summed E-state index contributed by atoms with van der Waals surface area (Å²) < 4.78 is 0. The van der Waals surface area contributed by atoms with E-state index in [0.29, 0.717) is 5.11 Å². The monoisotopic (exact) mass is 337 g/mol. The van der Waals surface area contributed by atoms with Crippen LogP contribution in [0.3, 0.4) is 0 Å². The Morgan fingerprint density at radius 2 is 1.79 bits per heavy atom. The van der Waals surface area contributed by atoms with Gasteiger partial charge in [-0.05, 0) is 74.5 Å². The highest BCUT2D eigenvalue weighted by atomic mass is 32.1. The fourth-order valence-corrected chi connectivity index (χ4v) is 3.19. The number of hydrogen-bond donors (Lipinski definition) is 2. The van der Waals surface area contributed by atoms with Crippen LogP contribution in [0.5, 0.6) is 0 Å². The average molecular weight is 337 g/mol. The summed E-state index contributed by atoms with van der Waals surface area (Å²) in [5.41, 5.74) is 10.2. The largest absolute Gasteiger partial charge is 0.331 e. The van der Waals surface area contributed by atoms with Crippen molar-refractivity contribution in [3.63, 3.8) is 0 Å². The van der Waals surface area contributed by atoms with Crippen molar-refractivity contribution in [3.8, 4) is 0 Å². The maximum absolute atomic E-state index is 5.41. The second kappa shape index (κ2) is 7.58. The lowest BCUT2D eigenvalue weighted by Crippen LogP contribution is -2.26. The molecule has 3 nitrogen and oxygen atoms in total. The Morgan fingerprint density at radius 3 is 2.67 bits per heavy atom. The third-order valence-corrected chi connectivity index (χ3v) is 4.78. The number of fused-ring (bicyclic) bond motifs is 1. The van der Waals surface area contributed by atoms with E-state index in [9.17, 15) is 0 Å². The molecule has 0 saturated heterocycles. The van der Waals surface area contributed by atoms with Gasteiger partial charge in [0.25, 0.3) is 0 Å². The number of rotatable bonds is 2. The van der Waals surface area contributed by atoms with Crippen molar-refractivity contribution >= 4 is 28.7 Å². The van der Waals surface area contributed by atoms with Crippen LogP contribution in [0.4, 0.5) is 5.69 Å². The Morgan fingerprint density at radius 1 is 1.00 bits per heavy atom. The Kier molecular flexibility index (Phi) is 5.26. The Bertz CT molecular complexity index is 780. The number of anilines is 1. The summed E-state index contributed by atoms with van der Waals surface area (Å²) >= 11 is 5.41. The predicted octanol–water partition coefficient (Wildman–Crippen LogP) is 4.72. The van der Waals surface area contributed by atoms with E-state index in [-0.39, 0.29) is 0 Å². The van der Waals surface area contributed by atoms with Gasteiger partial charge < -0.3 is 5.32 Å². The summed E-state index contributed by atoms with van der Waals surface area (Å²) in [6, 6.07) is 14.7. The summed E-state index contributed by atoms with van der Waals surface area (Å²) in [5, 5.41) is 8.36. The zero-order chi connectivity index (χ0) is 16.9. The normalized spacial score (nSPS) is 15.5. The highest BCUT2D eigenvalue weighted by molar-refractivity contribution is 7.80. The smallest absolute Gasteiger partial charge is 0.191 e. The highest BCUT2D eigenvalue weighted by Gasteiger charge is 2.13. The van der Waals surface area contributed by atoms with Crippen LogP contribution in [0.2, 0.25) is 0 Å². The van der Waals surface area contributed by atoms with Crippen LogP contribution in [-0.2, 0) is 6.42 Å². The van der Waals surface area contributed by atoms with E-state index in [2.05, 4.69) is 60.0 Å². The van der Waals surface area contributed by atoms with E-state index in [1.165, 1.54) is 28.7 Å². The average Bonchev–Trinajstić information content (AvgIpc) is 2.79. The molecule has 2 N–H and O–H groups in total. The Hall–Kier alpha value is -2.20. The fourth-order valence-electron chi connectivity index (χ4n) is 3.03. The van der Waals surface area contributed by atoms with Crippen molar-refractivity contribution < 1.29 is 0 Å². The first-order valence-corrected chi connectivity index (χ1v) is 8.84. The molecule has 0 radical (unpaired) electrons. The van der Waals surface area contributed by atoms with Gasteiger partial charge in [0.2, 0.25) is 0 Å². The molecule has 1 aliphatic rings. The summed E-state index contributed by atoms with van der Waals surface area (Å²) in [6.07, 6.45) is 4.48. The van der Waals surface area contributed by atoms with Gasteiger partial charge in [-0.3, -0.25) is 5.43 Å². The minimum Gasteiger partial charge on any atom is -0.331 e. The molecule has 0 atom stereocenters. The van der Waals surface area contributed by atoms with Crippen molar-refractivity contribution in [2.45, 2.75) is 39.5 Å². The maximum atomic E-state index is 5.41. The zero-order valence-electron chi connectivity index (χ0n) is 14.2. The zero-order valence-corrected chi connectivity index (χ0v) is 15.0. The molecule has 0 amide bonds. The third-order valence-electron chi connectivity index (χ3n) is 4.58. The number of hydrogen-bond acceptors (Lipinski definition) is 2. The molecule has 4 heteroatoms. The molecule has 0 saturated carbocycles. The van der Waals surface area contributed by atoms with Crippen LogP contribution in [0, 0.1) is 13.8 Å². The number of nitrogens with zero attached hydrogens (tertiary/aromatic N) is 1. The van der Waals surface area contributed by atoms with E-state index in [4.69, 9.17) is 12.2 Å². The van der Waals surface area contributed by atoms with Gasteiger partial charge in [-0.2, -0.15) is 5.10 Å². The van der Waals surface area contributed by atoms with Gasteiger partial charge in [0.15, 0.2) is 5.11 Å². The van der Waals surface area contributed by atoms with Crippen LogP contribution < -0.4 is 10.7 Å². The lowest BCUT2D eigenvalue weighted by molar-refractivity contribution is 0.774. The standard InChI is InChI=1S/C20H23N3S/c1-14-8-7-13-18(15(14)2)21-20(24)23-22-19-12-6-4-10-16-9-3-5-11-17(16)19/h3,5,7-9,11,13H,4,6,10,12H2,1-2H3,(H2,21,23,24). The van der Waals surface area contributed by atoms with Crippen molar-refractivity contribution in [1.82, 2.24) is 5.43 Å². The van der Waals surface area contributed by atoms with Gasteiger partial charge in [-0.15, -0.1) is 0 Å². The van der Waals surface area contributed by atoms with Crippen molar-refractivity contribution in [3.05, 3.63) is 64.7 Å². The van der Waals surface area contributed by atoms with Crippen LogP contribution in [0.15, 0.2) is 47.6 Å². The molecule has 3 rings (SSSR count). The molecular weight excluding hydrogens is 314 g/mol. The molecule has 0 bridgehead atoms. The minimum absolute atomic E-state index is 0.526. The van der Waals surface area contributed by atoms with Crippen LogP contribution in [0.25, 0.3) is 0 Å². The van der Waals surface area contributed by atoms with E-state index in [1.807, 2.05) is 12.1 Å². The second-order valence-electron chi connectivity index (χ2n) is 6.24. The lowest BCUT2D eigenvalue weighted by Gasteiger charge is -2.13. The van der Waals surface area contributed by atoms with Gasteiger partial charge in [0.1, 0.15) is 0 Å². The molecule has 0 unspecified atom stereocenters. The minimum atomic E-state index is 0.526. The fraction of sp³-hybridized carbons (Fsp3) is 0.300. The number of nitrogens with one attached hydrogen (secondary N) is 2. The van der Waals surface area contributed by atoms with Crippen LogP contribution in [-0.4, -0.2) is 10.8 Å². The Labute approximate surface area is 149 Å². The van der Waals surface area contributed by atoms with Crippen molar-refractivity contribution in [2.75, 3.05) is 5.32 Å². The molecular formula is C20H23N3S. The highest BCUT2D eigenvalue weighted by Crippen LogP contribution is 2.21. The predicted molar refractivity (Wildman–Crippen MR) is 106 cm³/mol. The SMILES string of the molecule is Cc1cccc(NC(=S)NN=C2CCCCc3ccccc32)c1C. The molecule has 0 spiro atoms. The van der Waals surface area contributed by atoms with E-state index in [0.717, 1.165) is 30.7 Å². The molecule has 0 aliphatic heterocycles. The topological polar surface area (TPSA) is 36.4 Å². The molecule has 0 aromatic heterocycles. The molecule has 0 fully saturated rings. The van der Waals surface area contributed by atoms with Crippen molar-refractivity contribution in [1.29, 1.82) is 0 Å². The van der Waals surface area contributed by atoms with Gasteiger partial charge in [-0.1, -0.05) is 36.4 Å². The summed E-state index contributed by atoms with van der Waals surface area (Å²) in [4.78, 5) is 0. The van der Waals surface area contributed by atoms with E-state index >= 15 is 0 Å². The van der Waals surface area contributed by atoms with Crippen molar-refractivity contribution in [2.24, 2.45) is 5.10 Å². The van der Waals surface area contributed by atoms with E-state index < -0.39 is 0 Å². The molecule has 2 aromatic carbocycles. The molecule has 24 heavy (non-hydrogen) atoms. The third kappa shape index (κ3) is 3.82. The number of hydrazone groups is 1. The molecule has 1 aliphatic carbocycles. The van der Waals surface area contributed by atoms with Gasteiger partial charge in [0.05, 0.1) is 5.71 Å². The van der Waals surface area contributed by atoms with Crippen LogP contribution >= 0.6 is 12.2 Å². The first-order chi connectivity index (χ1) is 11.6. The lowest BCUT2D eigenvalue weighted by atomic mass is 10.0. The van der Waals surface area contributed by atoms with Gasteiger partial charge in [-0.25, -0.2) is 0 Å². The number of aryl methyl sites for hydroxylation is 2. The van der Waals surface area contributed by atoms with Gasteiger partial charge in [0, 0.05) is 11.3 Å². The quantitative estimate of drug-likeness (QED) is 0.473. The maximum Gasteiger partial charge on any atom is 0.191 e. The second-order valence-corrected chi connectivity index (χ2v) is 6.64.